The number of nitrogens with zero attached hydrogens (tertiary/aromatic N) is 2. The molecule has 29 heavy (non-hydrogen) atoms. The van der Waals surface area contributed by atoms with Gasteiger partial charge < -0.3 is 15.4 Å². The largest absolute Gasteiger partial charge is 0.372 e. The summed E-state index contributed by atoms with van der Waals surface area (Å²) in [6, 6.07) is 11.3. The lowest BCUT2D eigenvalue weighted by atomic mass is 10.1. The van der Waals surface area contributed by atoms with Gasteiger partial charge in [-0.25, -0.2) is 4.39 Å². The van der Waals surface area contributed by atoms with Gasteiger partial charge in [-0.15, -0.1) is 0 Å². The van der Waals surface area contributed by atoms with E-state index in [0.29, 0.717) is 28.0 Å². The Balaban J connectivity index is 2.00. The highest BCUT2D eigenvalue weighted by Crippen LogP contribution is 2.31. The number of fused-ring (bicyclic) bond motifs is 1. The molecule has 2 aromatic carbocycles. The number of aromatic nitrogens is 1. The molecule has 0 unspecified atom stereocenters. The van der Waals surface area contributed by atoms with Crippen molar-refractivity contribution in [2.24, 2.45) is 0 Å². The summed E-state index contributed by atoms with van der Waals surface area (Å²) in [5.74, 6) is 3.94. The molecule has 0 bridgehead atoms. The molecule has 0 aliphatic rings. The zero-order chi connectivity index (χ0) is 20.8. The van der Waals surface area contributed by atoms with Crippen LogP contribution in [0.5, 0.6) is 0 Å². The summed E-state index contributed by atoms with van der Waals surface area (Å²) in [6.07, 6.45) is 1.43. The molecule has 0 saturated carbocycles. The number of carbonyl (C=O) groups excluding carboxylic acids is 1. The van der Waals surface area contributed by atoms with Gasteiger partial charge in [0.15, 0.2) is 0 Å². The molecule has 6 nitrogen and oxygen atoms in total. The molecule has 2 N–H and O–H groups in total. The van der Waals surface area contributed by atoms with E-state index in [-0.39, 0.29) is 17.2 Å². The number of rotatable bonds is 4. The number of methoxy groups -OCH3 is 1. The summed E-state index contributed by atoms with van der Waals surface area (Å²) in [5, 5.41) is 15.8. The first-order chi connectivity index (χ1) is 14.0. The molecule has 3 aromatic rings. The number of pyridine rings is 1. The van der Waals surface area contributed by atoms with Gasteiger partial charge in [-0.3, -0.25) is 9.78 Å². The van der Waals surface area contributed by atoms with Gasteiger partial charge in [-0.1, -0.05) is 17.5 Å². The van der Waals surface area contributed by atoms with Crippen molar-refractivity contribution in [2.75, 3.05) is 24.4 Å². The summed E-state index contributed by atoms with van der Waals surface area (Å²) in [6.45, 7) is 0.148. The molecule has 1 amide bonds. The third-order valence-electron chi connectivity index (χ3n) is 3.85. The predicted molar refractivity (Wildman–Crippen MR) is 109 cm³/mol. The van der Waals surface area contributed by atoms with Crippen molar-refractivity contribution in [3.63, 3.8) is 0 Å². The lowest BCUT2D eigenvalue weighted by Crippen LogP contribution is -2.09. The molecule has 0 aliphatic carbocycles. The fourth-order valence-corrected chi connectivity index (χ4v) is 2.74. The van der Waals surface area contributed by atoms with Crippen LogP contribution in [-0.2, 0) is 9.53 Å². The van der Waals surface area contributed by atoms with Gasteiger partial charge >= 0.3 is 0 Å². The number of nitrogens with one attached hydrogen (secondary N) is 2. The Labute approximate surface area is 171 Å². The first-order valence-corrected chi connectivity index (χ1v) is 8.73. The molecule has 0 fully saturated rings. The molecule has 0 spiro atoms. The van der Waals surface area contributed by atoms with Gasteiger partial charge in [0.2, 0.25) is 0 Å². The van der Waals surface area contributed by atoms with Gasteiger partial charge in [0.1, 0.15) is 18.5 Å². The SMILES string of the molecule is COCC#CC(=O)Nc1ccc2ncc(C#N)c(Nc3ccc(F)c(Cl)c3)c2c1. The Morgan fingerprint density at radius 3 is 2.79 bits per heavy atom. The van der Waals surface area contributed by atoms with Gasteiger partial charge in [-0.2, -0.15) is 5.26 Å². The number of nitriles is 1. The monoisotopic (exact) mass is 408 g/mol. The fourth-order valence-electron chi connectivity index (χ4n) is 2.56. The van der Waals surface area contributed by atoms with Crippen molar-refractivity contribution in [2.45, 2.75) is 0 Å². The second kappa shape index (κ2) is 9.03. The summed E-state index contributed by atoms with van der Waals surface area (Å²) in [4.78, 5) is 16.2. The van der Waals surface area contributed by atoms with E-state index in [1.54, 1.807) is 18.2 Å². The minimum absolute atomic E-state index is 0.0468. The second-order valence-electron chi connectivity index (χ2n) is 5.83. The molecule has 144 valence electrons. The molecule has 0 atom stereocenters. The van der Waals surface area contributed by atoms with Crippen molar-refractivity contribution in [3.8, 4) is 17.9 Å². The van der Waals surface area contributed by atoms with Crippen LogP contribution in [-0.4, -0.2) is 24.6 Å². The number of hydrogen-bond acceptors (Lipinski definition) is 5. The minimum atomic E-state index is -0.545. The van der Waals surface area contributed by atoms with Crippen molar-refractivity contribution in [1.29, 1.82) is 5.26 Å². The van der Waals surface area contributed by atoms with E-state index in [2.05, 4.69) is 33.5 Å². The molecule has 1 aromatic heterocycles. The maximum atomic E-state index is 13.4. The number of halogens is 2. The number of hydrogen-bond donors (Lipinski definition) is 2. The molecule has 0 aliphatic heterocycles. The van der Waals surface area contributed by atoms with E-state index in [1.165, 1.54) is 31.5 Å². The van der Waals surface area contributed by atoms with Crippen LogP contribution in [0.2, 0.25) is 5.02 Å². The molecule has 0 saturated heterocycles. The third-order valence-corrected chi connectivity index (χ3v) is 4.14. The number of benzene rings is 2. The smallest absolute Gasteiger partial charge is 0.300 e. The molecule has 1 heterocycles. The molecule has 0 radical (unpaired) electrons. The van der Waals surface area contributed by atoms with Crippen LogP contribution >= 0.6 is 11.6 Å². The van der Waals surface area contributed by atoms with Crippen LogP contribution in [0.4, 0.5) is 21.5 Å². The second-order valence-corrected chi connectivity index (χ2v) is 6.24. The average molecular weight is 409 g/mol. The van der Waals surface area contributed by atoms with Crippen molar-refractivity contribution in [3.05, 3.63) is 59.0 Å². The average Bonchev–Trinajstić information content (AvgIpc) is 2.71. The lowest BCUT2D eigenvalue weighted by Gasteiger charge is -2.13. The summed E-state index contributed by atoms with van der Waals surface area (Å²) >= 11 is 5.84. The van der Waals surface area contributed by atoms with E-state index < -0.39 is 11.7 Å². The molecular weight excluding hydrogens is 395 g/mol. The van der Waals surface area contributed by atoms with Crippen LogP contribution in [0.3, 0.4) is 0 Å². The van der Waals surface area contributed by atoms with Crippen molar-refractivity contribution < 1.29 is 13.9 Å². The van der Waals surface area contributed by atoms with Crippen LogP contribution in [0, 0.1) is 29.0 Å². The van der Waals surface area contributed by atoms with E-state index >= 15 is 0 Å². The number of amides is 1. The maximum absolute atomic E-state index is 13.4. The standard InChI is InChI=1S/C21H14ClFN4O2/c1-29-8-2-3-20(28)26-14-5-7-19-16(9-14)21(13(11-24)12-25-19)27-15-4-6-18(23)17(22)10-15/h4-7,9-10,12H,8H2,1H3,(H,25,27)(H,26,28). The van der Waals surface area contributed by atoms with Crippen LogP contribution in [0.1, 0.15) is 5.56 Å². The van der Waals surface area contributed by atoms with E-state index in [9.17, 15) is 14.4 Å². The normalized spacial score (nSPS) is 10.0. The number of anilines is 3. The summed E-state index contributed by atoms with van der Waals surface area (Å²) < 4.78 is 18.2. The molecule has 8 heteroatoms. The highest BCUT2D eigenvalue weighted by molar-refractivity contribution is 6.31. The number of carbonyl (C=O) groups is 1. The third kappa shape index (κ3) is 4.80. The first kappa shape index (κ1) is 20.1. The topological polar surface area (TPSA) is 87.0 Å². The maximum Gasteiger partial charge on any atom is 0.300 e. The van der Waals surface area contributed by atoms with Gasteiger partial charge in [0, 0.05) is 30.1 Å². The zero-order valence-corrected chi connectivity index (χ0v) is 16.0. The Kier molecular flexibility index (Phi) is 6.25. The van der Waals surface area contributed by atoms with Crippen molar-refractivity contribution in [1.82, 2.24) is 4.98 Å². The van der Waals surface area contributed by atoms with Gasteiger partial charge in [0.05, 0.1) is 21.8 Å². The molecular formula is C21H14ClFN4O2. The van der Waals surface area contributed by atoms with E-state index in [1.807, 2.05) is 0 Å². The van der Waals surface area contributed by atoms with Crippen LogP contribution in [0.25, 0.3) is 10.9 Å². The fraction of sp³-hybridized carbons (Fsp3) is 0.0952. The van der Waals surface area contributed by atoms with Crippen LogP contribution < -0.4 is 10.6 Å². The Hall–Kier alpha value is -3.65. The lowest BCUT2D eigenvalue weighted by molar-refractivity contribution is -0.111. The Morgan fingerprint density at radius 1 is 1.28 bits per heavy atom. The predicted octanol–water partition coefficient (Wildman–Crippen LogP) is 4.23. The highest BCUT2D eigenvalue weighted by Gasteiger charge is 2.12. The Morgan fingerprint density at radius 2 is 2.07 bits per heavy atom. The van der Waals surface area contributed by atoms with Gasteiger partial charge in [0.25, 0.3) is 5.91 Å². The van der Waals surface area contributed by atoms with E-state index in [0.717, 1.165) is 0 Å². The Bertz CT molecular complexity index is 1190. The summed E-state index contributed by atoms with van der Waals surface area (Å²) in [5.41, 5.74) is 2.32. The minimum Gasteiger partial charge on any atom is -0.372 e. The van der Waals surface area contributed by atoms with E-state index in [4.69, 9.17) is 16.3 Å². The van der Waals surface area contributed by atoms with Crippen molar-refractivity contribution >= 4 is 45.5 Å². The quantitative estimate of drug-likeness (QED) is 0.631. The van der Waals surface area contributed by atoms with Crippen LogP contribution in [0.15, 0.2) is 42.6 Å². The first-order valence-electron chi connectivity index (χ1n) is 8.35. The number of ether oxygens (including phenoxy) is 1. The zero-order valence-electron chi connectivity index (χ0n) is 15.2. The molecule has 3 rings (SSSR count). The van der Waals surface area contributed by atoms with Gasteiger partial charge in [-0.05, 0) is 42.3 Å². The highest BCUT2D eigenvalue weighted by atomic mass is 35.5. The summed E-state index contributed by atoms with van der Waals surface area (Å²) in [7, 11) is 1.48.